The molecule has 2 N–H and O–H groups in total. The van der Waals surface area contributed by atoms with Crippen LogP contribution in [0.5, 0.6) is 0 Å². The Kier molecular flexibility index (Phi) is 4.83. The van der Waals surface area contributed by atoms with Gasteiger partial charge in [-0.2, -0.15) is 0 Å². The lowest BCUT2D eigenvalue weighted by molar-refractivity contribution is -0.130. The number of nitrogens with zero attached hydrogens (tertiary/aromatic N) is 1. The molecule has 0 bridgehead atoms. The van der Waals surface area contributed by atoms with Crippen molar-refractivity contribution in [3.8, 4) is 0 Å². The monoisotopic (exact) mass is 329 g/mol. The molecule has 6 nitrogen and oxygen atoms in total. The molecule has 6 heteroatoms. The first-order valence-corrected chi connectivity index (χ1v) is 8.51. The number of benzene rings is 1. The van der Waals surface area contributed by atoms with Crippen LogP contribution in [0, 0.1) is 5.92 Å². The van der Waals surface area contributed by atoms with Crippen molar-refractivity contribution in [1.29, 1.82) is 0 Å². The number of carbonyl (C=O) groups excluding carboxylic acids is 3. The fourth-order valence-corrected chi connectivity index (χ4v) is 3.56. The highest BCUT2D eigenvalue weighted by molar-refractivity contribution is 5.97. The Balaban J connectivity index is 1.57. The van der Waals surface area contributed by atoms with Crippen LogP contribution in [0.25, 0.3) is 0 Å². The van der Waals surface area contributed by atoms with Crippen molar-refractivity contribution in [3.63, 3.8) is 0 Å². The van der Waals surface area contributed by atoms with Crippen LogP contribution in [-0.4, -0.2) is 35.2 Å². The third kappa shape index (κ3) is 3.75. The molecule has 128 valence electrons. The fourth-order valence-electron chi connectivity index (χ4n) is 3.56. The van der Waals surface area contributed by atoms with Crippen LogP contribution >= 0.6 is 0 Å². The molecule has 1 saturated carbocycles. The number of carbonyl (C=O) groups is 3. The van der Waals surface area contributed by atoms with Gasteiger partial charge in [0.1, 0.15) is 0 Å². The van der Waals surface area contributed by atoms with Crippen LogP contribution in [0.3, 0.4) is 0 Å². The van der Waals surface area contributed by atoms with Crippen molar-refractivity contribution < 1.29 is 14.4 Å². The van der Waals surface area contributed by atoms with E-state index >= 15 is 0 Å². The van der Waals surface area contributed by atoms with Crippen LogP contribution in [0.1, 0.15) is 39.0 Å². The zero-order valence-corrected chi connectivity index (χ0v) is 13.9. The van der Waals surface area contributed by atoms with E-state index in [-0.39, 0.29) is 23.6 Å². The van der Waals surface area contributed by atoms with Gasteiger partial charge in [-0.1, -0.05) is 12.8 Å². The molecule has 1 aliphatic carbocycles. The van der Waals surface area contributed by atoms with Gasteiger partial charge in [0.15, 0.2) is 0 Å². The number of rotatable bonds is 4. The van der Waals surface area contributed by atoms with E-state index in [1.54, 1.807) is 24.3 Å². The molecule has 1 atom stereocenters. The molecule has 1 aromatic rings. The average Bonchev–Trinajstić information content (AvgIpc) is 3.17. The Bertz CT molecular complexity index is 635. The summed E-state index contributed by atoms with van der Waals surface area (Å²) in [5, 5.41) is 5.55. The van der Waals surface area contributed by atoms with Gasteiger partial charge >= 0.3 is 0 Å². The number of anilines is 2. The van der Waals surface area contributed by atoms with Gasteiger partial charge in [0, 0.05) is 37.3 Å². The van der Waals surface area contributed by atoms with Gasteiger partial charge in [0.2, 0.25) is 17.7 Å². The molecule has 2 fully saturated rings. The molecular formula is C18H23N3O3. The fraction of sp³-hybridized carbons (Fsp3) is 0.500. The minimum Gasteiger partial charge on any atom is -0.339 e. The molecule has 24 heavy (non-hydrogen) atoms. The van der Waals surface area contributed by atoms with Crippen molar-refractivity contribution in [1.82, 2.24) is 4.90 Å². The van der Waals surface area contributed by atoms with Crippen molar-refractivity contribution in [3.05, 3.63) is 24.3 Å². The van der Waals surface area contributed by atoms with Crippen LogP contribution in [0.4, 0.5) is 11.4 Å². The zero-order chi connectivity index (χ0) is 17.1. The first kappa shape index (κ1) is 16.5. The van der Waals surface area contributed by atoms with Gasteiger partial charge in [-0.15, -0.1) is 0 Å². The third-order valence-corrected chi connectivity index (χ3v) is 4.77. The highest BCUT2D eigenvalue weighted by Crippen LogP contribution is 2.30. The molecule has 1 aromatic carbocycles. The molecular weight excluding hydrogens is 306 g/mol. The van der Waals surface area contributed by atoms with E-state index in [0.717, 1.165) is 12.8 Å². The first-order valence-electron chi connectivity index (χ1n) is 8.51. The third-order valence-electron chi connectivity index (χ3n) is 4.77. The predicted molar refractivity (Wildman–Crippen MR) is 91.5 cm³/mol. The molecule has 1 aliphatic heterocycles. The van der Waals surface area contributed by atoms with E-state index in [9.17, 15) is 14.4 Å². The highest BCUT2D eigenvalue weighted by atomic mass is 16.2. The van der Waals surface area contributed by atoms with Gasteiger partial charge in [-0.25, -0.2) is 0 Å². The smallest absolute Gasteiger partial charge is 0.229 e. The second-order valence-corrected chi connectivity index (χ2v) is 6.63. The van der Waals surface area contributed by atoms with Gasteiger partial charge in [0.05, 0.1) is 5.92 Å². The predicted octanol–water partition coefficient (Wildman–Crippen LogP) is 2.37. The number of amides is 3. The first-order chi connectivity index (χ1) is 11.5. The van der Waals surface area contributed by atoms with Crippen LogP contribution in [0.15, 0.2) is 24.3 Å². The lowest BCUT2D eigenvalue weighted by Gasteiger charge is -2.23. The number of likely N-dealkylation sites (tertiary alicyclic amines) is 1. The largest absolute Gasteiger partial charge is 0.339 e. The van der Waals surface area contributed by atoms with Crippen LogP contribution in [-0.2, 0) is 14.4 Å². The summed E-state index contributed by atoms with van der Waals surface area (Å²) in [4.78, 5) is 37.5. The number of hydrogen-bond acceptors (Lipinski definition) is 3. The summed E-state index contributed by atoms with van der Waals surface area (Å²) >= 11 is 0. The molecule has 3 amide bonds. The maximum atomic E-state index is 12.4. The summed E-state index contributed by atoms with van der Waals surface area (Å²) in [5.74, 6) is -0.435. The quantitative estimate of drug-likeness (QED) is 0.890. The second kappa shape index (κ2) is 7.03. The average molecular weight is 329 g/mol. The standard InChI is InChI=1S/C18H23N3O3/c1-12(22)19-14-6-8-15(9-7-14)20-18(24)13-10-17(23)21(11-13)16-4-2-3-5-16/h6-9,13,16H,2-5,10-11H2,1H3,(H,19,22)(H,20,24)/t13-/m0/s1. The molecule has 1 saturated heterocycles. The number of hydrogen-bond donors (Lipinski definition) is 2. The maximum absolute atomic E-state index is 12.4. The summed E-state index contributed by atoms with van der Waals surface area (Å²) in [5.41, 5.74) is 1.35. The lowest BCUT2D eigenvalue weighted by Crippen LogP contribution is -2.35. The van der Waals surface area contributed by atoms with Crippen molar-refractivity contribution in [2.45, 2.75) is 45.1 Å². The SMILES string of the molecule is CC(=O)Nc1ccc(NC(=O)[C@H]2CC(=O)N(C3CCCC3)C2)cc1. The Morgan fingerprint density at radius 3 is 2.21 bits per heavy atom. The van der Waals surface area contributed by atoms with Crippen molar-refractivity contribution in [2.24, 2.45) is 5.92 Å². The minimum absolute atomic E-state index is 0.100. The Morgan fingerprint density at radius 1 is 1.04 bits per heavy atom. The summed E-state index contributed by atoms with van der Waals surface area (Å²) < 4.78 is 0. The molecule has 1 heterocycles. The van der Waals surface area contributed by atoms with E-state index in [4.69, 9.17) is 0 Å². The topological polar surface area (TPSA) is 78.5 Å². The molecule has 0 aromatic heterocycles. The van der Waals surface area contributed by atoms with Crippen LogP contribution < -0.4 is 10.6 Å². The molecule has 0 radical (unpaired) electrons. The molecule has 2 aliphatic rings. The van der Waals surface area contributed by atoms with Gasteiger partial charge in [-0.3, -0.25) is 14.4 Å². The van der Waals surface area contributed by atoms with E-state index in [1.165, 1.54) is 19.8 Å². The Morgan fingerprint density at radius 2 is 1.62 bits per heavy atom. The summed E-state index contributed by atoms with van der Waals surface area (Å²) in [6, 6.07) is 7.29. The van der Waals surface area contributed by atoms with Gasteiger partial charge in [-0.05, 0) is 37.1 Å². The van der Waals surface area contributed by atoms with E-state index in [1.807, 2.05) is 4.90 Å². The van der Waals surface area contributed by atoms with Crippen molar-refractivity contribution >= 4 is 29.1 Å². The number of nitrogens with one attached hydrogen (secondary N) is 2. The molecule has 0 spiro atoms. The summed E-state index contributed by atoms with van der Waals surface area (Å²) in [6.07, 6.45) is 4.76. The molecule has 3 rings (SSSR count). The Hall–Kier alpha value is -2.37. The van der Waals surface area contributed by atoms with Gasteiger partial charge in [0.25, 0.3) is 0 Å². The van der Waals surface area contributed by atoms with Crippen molar-refractivity contribution in [2.75, 3.05) is 17.2 Å². The van der Waals surface area contributed by atoms with Crippen LogP contribution in [0.2, 0.25) is 0 Å². The minimum atomic E-state index is -0.284. The maximum Gasteiger partial charge on any atom is 0.229 e. The van der Waals surface area contributed by atoms with E-state index in [0.29, 0.717) is 30.4 Å². The summed E-state index contributed by atoms with van der Waals surface area (Å²) in [6.45, 7) is 1.97. The highest BCUT2D eigenvalue weighted by Gasteiger charge is 2.38. The second-order valence-electron chi connectivity index (χ2n) is 6.63. The molecule has 0 unspecified atom stereocenters. The normalized spacial score (nSPS) is 21.1. The summed E-state index contributed by atoms with van der Waals surface area (Å²) in [7, 11) is 0. The van der Waals surface area contributed by atoms with E-state index in [2.05, 4.69) is 10.6 Å². The Labute approximate surface area is 141 Å². The van der Waals surface area contributed by atoms with E-state index < -0.39 is 0 Å². The van der Waals surface area contributed by atoms with Gasteiger partial charge < -0.3 is 15.5 Å². The zero-order valence-electron chi connectivity index (χ0n) is 13.9. The lowest BCUT2D eigenvalue weighted by atomic mass is 10.1.